The predicted octanol–water partition coefficient (Wildman–Crippen LogP) is 1.43. The van der Waals surface area contributed by atoms with Crippen LogP contribution in [-0.2, 0) is 19.1 Å². The second-order valence-electron chi connectivity index (χ2n) is 11.3. The minimum atomic E-state index is -1.13. The molecule has 244 valence electrons. The number of para-hydroxylation sites is 1. The number of carboxylic acid groups (broad SMARTS) is 1. The number of nitrogens with zero attached hydrogens (tertiary/aromatic N) is 5. The number of hydrogen-bond acceptors (Lipinski definition) is 9. The Morgan fingerprint density at radius 3 is 2.22 bits per heavy atom. The highest BCUT2D eigenvalue weighted by atomic mass is 16.6. The number of pyridine rings is 1. The summed E-state index contributed by atoms with van der Waals surface area (Å²) in [4.78, 5) is 74.8. The van der Waals surface area contributed by atoms with Gasteiger partial charge in [-0.3, -0.25) is 24.1 Å². The van der Waals surface area contributed by atoms with E-state index in [0.29, 0.717) is 35.8 Å². The Kier molecular flexibility index (Phi) is 11.5. The molecule has 1 aromatic heterocycles. The van der Waals surface area contributed by atoms with Crippen LogP contribution in [0.3, 0.4) is 0 Å². The fourth-order valence-corrected chi connectivity index (χ4v) is 5.40. The molecular weight excluding hydrogens is 584 g/mol. The van der Waals surface area contributed by atoms with E-state index in [1.54, 1.807) is 36.1 Å². The van der Waals surface area contributed by atoms with Crippen molar-refractivity contribution in [3.63, 3.8) is 0 Å². The van der Waals surface area contributed by atoms with Crippen molar-refractivity contribution in [3.05, 3.63) is 36.0 Å². The Morgan fingerprint density at radius 1 is 0.933 bits per heavy atom. The number of carbonyl (C=O) groups is 5. The number of benzene rings is 1. The van der Waals surface area contributed by atoms with Crippen LogP contribution in [-0.4, -0.2) is 137 Å². The van der Waals surface area contributed by atoms with E-state index in [2.05, 4.69) is 29.0 Å². The number of aliphatic carboxylic acids is 1. The molecule has 45 heavy (non-hydrogen) atoms. The van der Waals surface area contributed by atoms with Crippen LogP contribution in [0.25, 0.3) is 10.9 Å². The Morgan fingerprint density at radius 2 is 1.58 bits per heavy atom. The van der Waals surface area contributed by atoms with Gasteiger partial charge < -0.3 is 34.6 Å². The van der Waals surface area contributed by atoms with Crippen molar-refractivity contribution in [3.8, 4) is 5.75 Å². The van der Waals surface area contributed by atoms with Gasteiger partial charge in [0.25, 0.3) is 11.8 Å². The van der Waals surface area contributed by atoms with E-state index in [0.717, 1.165) is 13.1 Å². The van der Waals surface area contributed by atoms with Crippen LogP contribution in [0.4, 0.5) is 4.79 Å². The molecule has 3 heterocycles. The maximum absolute atomic E-state index is 13.5. The van der Waals surface area contributed by atoms with Gasteiger partial charge in [-0.25, -0.2) is 9.78 Å². The summed E-state index contributed by atoms with van der Waals surface area (Å²) in [5, 5.41) is 12.6. The lowest BCUT2D eigenvalue weighted by Gasteiger charge is -2.36. The second kappa shape index (κ2) is 15.5. The highest BCUT2D eigenvalue weighted by Crippen LogP contribution is 2.26. The molecule has 0 radical (unpaired) electrons. The van der Waals surface area contributed by atoms with Crippen molar-refractivity contribution >= 4 is 40.7 Å². The van der Waals surface area contributed by atoms with Crippen molar-refractivity contribution in [2.75, 3.05) is 65.6 Å². The number of amides is 4. The molecule has 2 aromatic rings. The van der Waals surface area contributed by atoms with Crippen LogP contribution in [0.15, 0.2) is 30.3 Å². The third kappa shape index (κ3) is 8.81. The van der Waals surface area contributed by atoms with Crippen molar-refractivity contribution in [2.24, 2.45) is 0 Å². The standard InChI is InChI=1S/C31H42N6O8/c1-4-44-31(43)37-17-15-36(16-18-37)30(42)24(9-10-28(39)40)33-29(41)25-19-26(22-7-5-6-8-23(22)32-25)45-20-27(38)35-13-11-34(12-14-35)21(2)3/h5-8,19,21,24H,4,9-18,20H2,1-3H3,(H,33,41)(H,39,40)/t24-/m0/s1. The van der Waals surface area contributed by atoms with E-state index >= 15 is 0 Å². The van der Waals surface area contributed by atoms with Crippen molar-refractivity contribution in [2.45, 2.75) is 45.7 Å². The minimum absolute atomic E-state index is 0.0399. The quantitative estimate of drug-likeness (QED) is 0.373. The van der Waals surface area contributed by atoms with Crippen molar-refractivity contribution in [1.29, 1.82) is 0 Å². The molecule has 2 aliphatic heterocycles. The molecular formula is C31H42N6O8. The number of hydrogen-bond donors (Lipinski definition) is 2. The number of nitrogens with one attached hydrogen (secondary N) is 1. The number of aromatic nitrogens is 1. The molecule has 2 aliphatic rings. The number of carboxylic acids is 1. The molecule has 2 fully saturated rings. The average molecular weight is 627 g/mol. The number of piperazine rings is 2. The monoisotopic (exact) mass is 626 g/mol. The van der Waals surface area contributed by atoms with Crippen LogP contribution < -0.4 is 10.1 Å². The zero-order valence-corrected chi connectivity index (χ0v) is 26.1. The molecule has 0 unspecified atom stereocenters. The molecule has 4 amide bonds. The Labute approximate surface area is 262 Å². The zero-order valence-electron chi connectivity index (χ0n) is 26.1. The first kappa shape index (κ1) is 33.4. The van der Waals surface area contributed by atoms with E-state index in [1.165, 1.54) is 15.9 Å². The highest BCUT2D eigenvalue weighted by molar-refractivity contribution is 5.99. The first-order valence-electron chi connectivity index (χ1n) is 15.3. The maximum atomic E-state index is 13.5. The summed E-state index contributed by atoms with van der Waals surface area (Å²) in [5.74, 6) is -2.11. The molecule has 14 heteroatoms. The van der Waals surface area contributed by atoms with E-state index in [4.69, 9.17) is 9.47 Å². The summed E-state index contributed by atoms with van der Waals surface area (Å²) in [5.41, 5.74) is 0.420. The highest BCUT2D eigenvalue weighted by Gasteiger charge is 2.31. The summed E-state index contributed by atoms with van der Waals surface area (Å²) >= 11 is 0. The van der Waals surface area contributed by atoms with Gasteiger partial charge in [0.1, 0.15) is 17.5 Å². The second-order valence-corrected chi connectivity index (χ2v) is 11.3. The fourth-order valence-electron chi connectivity index (χ4n) is 5.40. The third-order valence-corrected chi connectivity index (χ3v) is 8.03. The third-order valence-electron chi connectivity index (χ3n) is 8.03. The predicted molar refractivity (Wildman–Crippen MR) is 164 cm³/mol. The van der Waals surface area contributed by atoms with Crippen LogP contribution >= 0.6 is 0 Å². The molecule has 0 bridgehead atoms. The van der Waals surface area contributed by atoms with Crippen LogP contribution in [0, 0.1) is 0 Å². The molecule has 14 nitrogen and oxygen atoms in total. The van der Waals surface area contributed by atoms with Gasteiger partial charge in [-0.1, -0.05) is 12.1 Å². The first-order valence-corrected chi connectivity index (χ1v) is 15.3. The SMILES string of the molecule is CCOC(=O)N1CCN(C(=O)[C@H](CCC(=O)O)NC(=O)c2cc(OCC(=O)N3CCN(C(C)C)CC3)c3ccccc3n2)CC1. The van der Waals surface area contributed by atoms with Gasteiger partial charge in [0.05, 0.1) is 12.1 Å². The molecule has 1 aromatic carbocycles. The van der Waals surface area contributed by atoms with Gasteiger partial charge in [-0.2, -0.15) is 0 Å². The number of carbonyl (C=O) groups excluding carboxylic acids is 4. The first-order chi connectivity index (χ1) is 21.6. The Balaban J connectivity index is 1.46. The van der Waals surface area contributed by atoms with Crippen LogP contribution in [0.2, 0.25) is 0 Å². The molecule has 4 rings (SSSR count). The van der Waals surface area contributed by atoms with Gasteiger partial charge >= 0.3 is 12.1 Å². The smallest absolute Gasteiger partial charge is 0.409 e. The topological polar surface area (TPSA) is 162 Å². The minimum Gasteiger partial charge on any atom is -0.483 e. The van der Waals surface area contributed by atoms with E-state index in [1.807, 2.05) is 0 Å². The summed E-state index contributed by atoms with van der Waals surface area (Å²) in [6.45, 7) is 9.70. The molecule has 1 atom stereocenters. The average Bonchev–Trinajstić information content (AvgIpc) is 3.04. The summed E-state index contributed by atoms with van der Waals surface area (Å²) < 4.78 is 11.0. The molecule has 0 aliphatic carbocycles. The number of ether oxygens (including phenoxy) is 2. The van der Waals surface area contributed by atoms with Crippen LogP contribution in [0.5, 0.6) is 5.75 Å². The molecule has 2 saturated heterocycles. The number of rotatable bonds is 11. The van der Waals surface area contributed by atoms with Gasteiger partial charge in [0.2, 0.25) is 5.91 Å². The normalized spacial score (nSPS) is 16.4. The maximum Gasteiger partial charge on any atom is 0.409 e. The van der Waals surface area contributed by atoms with Gasteiger partial charge in [-0.05, 0) is 39.3 Å². The van der Waals surface area contributed by atoms with Crippen LogP contribution in [0.1, 0.15) is 44.1 Å². The molecule has 0 spiro atoms. The van der Waals surface area contributed by atoms with Crippen molar-refractivity contribution < 1.29 is 38.6 Å². The fraction of sp³-hybridized carbons (Fsp3) is 0.548. The lowest BCUT2D eigenvalue weighted by Crippen LogP contribution is -2.56. The summed E-state index contributed by atoms with van der Waals surface area (Å²) in [6, 6.07) is 7.75. The summed E-state index contributed by atoms with van der Waals surface area (Å²) in [6.07, 6.45) is -0.934. The zero-order chi connectivity index (χ0) is 32.5. The molecule has 0 saturated carbocycles. The number of fused-ring (bicyclic) bond motifs is 1. The Hall–Kier alpha value is -4.46. The molecule has 2 N–H and O–H groups in total. The summed E-state index contributed by atoms with van der Waals surface area (Å²) in [7, 11) is 0. The largest absolute Gasteiger partial charge is 0.483 e. The van der Waals surface area contributed by atoms with E-state index in [9.17, 15) is 29.1 Å². The Bertz CT molecular complexity index is 1390. The van der Waals surface area contributed by atoms with Gasteiger partial charge in [-0.15, -0.1) is 0 Å². The van der Waals surface area contributed by atoms with Gasteiger partial charge in [0.15, 0.2) is 6.61 Å². The lowest BCUT2D eigenvalue weighted by molar-refractivity contribution is -0.138. The lowest BCUT2D eigenvalue weighted by atomic mass is 10.1. The van der Waals surface area contributed by atoms with E-state index < -0.39 is 29.9 Å². The van der Waals surface area contributed by atoms with Gasteiger partial charge in [0, 0.05) is 76.3 Å². The van der Waals surface area contributed by atoms with Crippen molar-refractivity contribution in [1.82, 2.24) is 29.9 Å². The van der Waals surface area contributed by atoms with E-state index in [-0.39, 0.29) is 63.8 Å².